The van der Waals surface area contributed by atoms with Crippen LogP contribution in [0.5, 0.6) is 11.5 Å². The number of imide groups is 1. The number of carboxylic acids is 1. The van der Waals surface area contributed by atoms with Gasteiger partial charge in [-0.25, -0.2) is 4.79 Å². The van der Waals surface area contributed by atoms with E-state index in [2.05, 4.69) is 0 Å². The van der Waals surface area contributed by atoms with Crippen LogP contribution < -0.4 is 9.47 Å². The van der Waals surface area contributed by atoms with E-state index in [1.807, 2.05) is 81.8 Å². The van der Waals surface area contributed by atoms with Crippen molar-refractivity contribution in [3.05, 3.63) is 170 Å². The number of carbonyl (C=O) groups excluding carboxylic acids is 2. The molecule has 0 aliphatic heterocycles. The van der Waals surface area contributed by atoms with Gasteiger partial charge in [0, 0.05) is 30.1 Å². The minimum atomic E-state index is -5.01. The summed E-state index contributed by atoms with van der Waals surface area (Å²) in [4.78, 5) is 38.8. The quantitative estimate of drug-likeness (QED) is 0.0704. The Morgan fingerprint density at radius 1 is 0.695 bits per heavy atom. The first-order valence-corrected chi connectivity index (χ1v) is 18.8. The Bertz CT molecular complexity index is 2480. The minimum Gasteiger partial charge on any atom is -0.489 e. The Kier molecular flexibility index (Phi) is 12.8. The molecule has 0 saturated carbocycles. The van der Waals surface area contributed by atoms with Gasteiger partial charge in [0.05, 0.1) is 26.8 Å². The topological polar surface area (TPSA) is 98.1 Å². The number of carbonyl (C=O) groups is 3. The van der Waals surface area contributed by atoms with Crippen molar-refractivity contribution in [1.29, 1.82) is 0 Å². The SMILES string of the molecule is CC(=O)N(Cc1ccc(C(=O)O)cc1)C(=O)/C(I)=C\c1cc2cc(OCc3ccccc3)ccc2n1Cc1ccc(COc2cc(C(F)(F)F)cc(C(F)(F)F)c2)cc1. The summed E-state index contributed by atoms with van der Waals surface area (Å²) in [5, 5.41) is 10.0. The molecule has 5 aromatic carbocycles. The van der Waals surface area contributed by atoms with E-state index >= 15 is 0 Å². The van der Waals surface area contributed by atoms with Crippen molar-refractivity contribution in [2.75, 3.05) is 0 Å². The largest absolute Gasteiger partial charge is 0.489 e. The average molecular weight is 927 g/mol. The molecule has 15 heteroatoms. The van der Waals surface area contributed by atoms with Crippen LogP contribution in [0, 0.1) is 0 Å². The van der Waals surface area contributed by atoms with Crippen LogP contribution in [0.25, 0.3) is 17.0 Å². The third-order valence-corrected chi connectivity index (χ3v) is 9.90. The highest BCUT2D eigenvalue weighted by atomic mass is 127. The van der Waals surface area contributed by atoms with E-state index in [9.17, 15) is 45.8 Å². The van der Waals surface area contributed by atoms with Crippen LogP contribution in [0.3, 0.4) is 0 Å². The number of carboxylic acid groups (broad SMARTS) is 1. The van der Waals surface area contributed by atoms with Crippen LogP contribution in [0.15, 0.2) is 125 Å². The number of benzene rings is 5. The molecule has 0 unspecified atom stereocenters. The van der Waals surface area contributed by atoms with Gasteiger partial charge in [-0.1, -0.05) is 66.7 Å². The van der Waals surface area contributed by atoms with Gasteiger partial charge in [-0.05, 0) is 106 Å². The summed E-state index contributed by atoms with van der Waals surface area (Å²) < 4.78 is 93.7. The molecule has 1 N–H and O–H groups in total. The molecule has 0 aliphatic rings. The maximum absolute atomic E-state index is 13.7. The summed E-state index contributed by atoms with van der Waals surface area (Å²) in [7, 11) is 0. The lowest BCUT2D eigenvalue weighted by Crippen LogP contribution is -2.34. The molecule has 0 fully saturated rings. The van der Waals surface area contributed by atoms with E-state index in [1.165, 1.54) is 31.2 Å². The Morgan fingerprint density at radius 3 is 1.83 bits per heavy atom. The molecule has 0 bridgehead atoms. The van der Waals surface area contributed by atoms with Crippen molar-refractivity contribution in [3.8, 4) is 11.5 Å². The predicted molar refractivity (Wildman–Crippen MR) is 216 cm³/mol. The van der Waals surface area contributed by atoms with E-state index < -0.39 is 47.0 Å². The molecule has 8 nitrogen and oxygen atoms in total. The second kappa shape index (κ2) is 17.8. The fraction of sp³-hybridized carbons (Fsp3) is 0.159. The molecule has 0 atom stereocenters. The van der Waals surface area contributed by atoms with Gasteiger partial charge in [-0.15, -0.1) is 0 Å². The summed E-state index contributed by atoms with van der Waals surface area (Å²) in [6, 6.07) is 30.7. The van der Waals surface area contributed by atoms with E-state index in [0.717, 1.165) is 26.9 Å². The number of aromatic nitrogens is 1. The third kappa shape index (κ3) is 10.9. The molecule has 6 rings (SSSR count). The van der Waals surface area contributed by atoms with Crippen molar-refractivity contribution in [2.24, 2.45) is 0 Å². The van der Waals surface area contributed by atoms with E-state index in [-0.39, 0.29) is 34.9 Å². The van der Waals surface area contributed by atoms with Crippen LogP contribution in [-0.2, 0) is 48.2 Å². The van der Waals surface area contributed by atoms with Gasteiger partial charge in [0.1, 0.15) is 24.7 Å². The molecule has 1 aromatic heterocycles. The van der Waals surface area contributed by atoms with Gasteiger partial charge in [0.25, 0.3) is 5.91 Å². The zero-order valence-electron chi connectivity index (χ0n) is 31.0. The van der Waals surface area contributed by atoms with Crippen LogP contribution in [0.2, 0.25) is 0 Å². The summed E-state index contributed by atoms with van der Waals surface area (Å²) in [6.07, 6.45) is -8.38. The van der Waals surface area contributed by atoms with Gasteiger partial charge in [-0.3, -0.25) is 14.5 Å². The molecule has 6 aromatic rings. The lowest BCUT2D eigenvalue weighted by atomic mass is 10.1. The molecule has 0 radical (unpaired) electrons. The van der Waals surface area contributed by atoms with Crippen LogP contribution in [0.4, 0.5) is 26.3 Å². The maximum Gasteiger partial charge on any atom is 0.416 e. The average Bonchev–Trinajstić information content (AvgIpc) is 3.53. The summed E-state index contributed by atoms with van der Waals surface area (Å²) in [5.74, 6) is -2.18. The number of fused-ring (bicyclic) bond motifs is 1. The number of amides is 2. The smallest absolute Gasteiger partial charge is 0.416 e. The van der Waals surface area contributed by atoms with E-state index in [4.69, 9.17) is 9.47 Å². The normalized spacial score (nSPS) is 12.0. The number of rotatable bonds is 13. The Balaban J connectivity index is 1.27. The molecule has 1 heterocycles. The van der Waals surface area contributed by atoms with Gasteiger partial charge in [-0.2, -0.15) is 26.3 Å². The molecule has 2 amide bonds. The summed E-state index contributed by atoms with van der Waals surface area (Å²) >= 11 is 1.87. The number of aromatic carboxylic acids is 1. The molecule has 0 saturated heterocycles. The molecular weight excluding hydrogens is 893 g/mol. The number of hydrogen-bond acceptors (Lipinski definition) is 5. The van der Waals surface area contributed by atoms with Gasteiger partial charge < -0.3 is 19.1 Å². The van der Waals surface area contributed by atoms with E-state index in [1.54, 1.807) is 30.3 Å². The predicted octanol–water partition coefficient (Wildman–Crippen LogP) is 10.9. The van der Waals surface area contributed by atoms with Crippen molar-refractivity contribution in [3.63, 3.8) is 0 Å². The molecular formula is C44H33F6IN2O6. The fourth-order valence-electron chi connectivity index (χ4n) is 6.08. The highest BCUT2D eigenvalue weighted by molar-refractivity contribution is 14.1. The zero-order valence-corrected chi connectivity index (χ0v) is 33.1. The lowest BCUT2D eigenvalue weighted by molar-refractivity contribution is -0.144. The van der Waals surface area contributed by atoms with Gasteiger partial charge >= 0.3 is 18.3 Å². The Morgan fingerprint density at radius 2 is 1.25 bits per heavy atom. The van der Waals surface area contributed by atoms with Crippen LogP contribution in [0.1, 0.15) is 56.4 Å². The van der Waals surface area contributed by atoms with Crippen molar-refractivity contribution >= 4 is 57.4 Å². The van der Waals surface area contributed by atoms with E-state index in [0.29, 0.717) is 41.3 Å². The number of ether oxygens (including phenoxy) is 2. The zero-order chi connectivity index (χ0) is 42.5. The molecule has 0 aliphatic carbocycles. The van der Waals surface area contributed by atoms with Crippen molar-refractivity contribution in [1.82, 2.24) is 9.47 Å². The standard InChI is InChI=1S/C44H33F6IN2O6/c1-27(54)52(23-29-11-13-32(14-12-29)42(56)57)41(55)39(51)22-36-17-33-18-37(58-25-30-5-3-2-4-6-30)15-16-40(33)53(36)24-28-7-9-31(10-8-28)26-59-38-20-34(43(45,46)47)19-35(21-38)44(48,49)50/h2-22H,23-26H2,1H3,(H,56,57)/b39-22+. The maximum atomic E-state index is 13.7. The van der Waals surface area contributed by atoms with Gasteiger partial charge in [0.15, 0.2) is 0 Å². The van der Waals surface area contributed by atoms with Crippen LogP contribution >= 0.6 is 22.6 Å². The first-order valence-electron chi connectivity index (χ1n) is 17.8. The molecule has 0 spiro atoms. The van der Waals surface area contributed by atoms with Crippen molar-refractivity contribution in [2.45, 2.75) is 45.6 Å². The Labute approximate surface area is 347 Å². The highest BCUT2D eigenvalue weighted by Gasteiger charge is 2.37. The second-order valence-corrected chi connectivity index (χ2v) is 14.6. The fourth-order valence-corrected chi connectivity index (χ4v) is 6.69. The molecule has 59 heavy (non-hydrogen) atoms. The first-order chi connectivity index (χ1) is 27.9. The molecule has 304 valence electrons. The lowest BCUT2D eigenvalue weighted by Gasteiger charge is -2.19. The third-order valence-electron chi connectivity index (χ3n) is 9.13. The summed E-state index contributed by atoms with van der Waals surface area (Å²) in [6.45, 7) is 1.47. The summed E-state index contributed by atoms with van der Waals surface area (Å²) in [5.41, 5.74) is 1.26. The monoisotopic (exact) mass is 926 g/mol. The highest BCUT2D eigenvalue weighted by Crippen LogP contribution is 2.38. The van der Waals surface area contributed by atoms with Crippen molar-refractivity contribution < 1.29 is 55.3 Å². The Hall–Kier alpha value is -6.10. The first kappa shape index (κ1) is 42.5. The second-order valence-electron chi connectivity index (χ2n) is 13.4. The number of alkyl halides is 6. The number of halogens is 7. The minimum absolute atomic E-state index is 0.0369. The van der Waals surface area contributed by atoms with Crippen LogP contribution in [-0.4, -0.2) is 32.4 Å². The van der Waals surface area contributed by atoms with Gasteiger partial charge in [0.2, 0.25) is 5.91 Å². The number of hydrogen-bond donors (Lipinski definition) is 1. The number of nitrogens with zero attached hydrogens (tertiary/aromatic N) is 2.